The van der Waals surface area contributed by atoms with Crippen LogP contribution in [0.4, 0.5) is 4.79 Å². The third kappa shape index (κ3) is 3.44. The summed E-state index contributed by atoms with van der Waals surface area (Å²) in [6.45, 7) is 1.97. The molecule has 0 aliphatic heterocycles. The van der Waals surface area contributed by atoms with Crippen LogP contribution in [0.2, 0.25) is 0 Å². The van der Waals surface area contributed by atoms with Crippen LogP contribution in [0, 0.1) is 5.92 Å². The van der Waals surface area contributed by atoms with Gasteiger partial charge in [-0.1, -0.05) is 18.2 Å². The van der Waals surface area contributed by atoms with Crippen molar-refractivity contribution in [2.24, 2.45) is 5.92 Å². The molecule has 0 saturated heterocycles. The maximum Gasteiger partial charge on any atom is 0.407 e. The molecule has 0 spiro atoms. The molecule has 0 heterocycles. The average Bonchev–Trinajstić information content (AvgIpc) is 3.05. The third-order valence-corrected chi connectivity index (χ3v) is 6.93. The lowest BCUT2D eigenvalue weighted by Crippen LogP contribution is -2.59. The number of nitrogens with zero attached hydrogens (tertiary/aromatic N) is 1. The van der Waals surface area contributed by atoms with Gasteiger partial charge in [-0.15, -0.1) is 0 Å². The molecule has 5 nitrogen and oxygen atoms in total. The second-order valence-electron chi connectivity index (χ2n) is 8.94. The Morgan fingerprint density at radius 3 is 2.59 bits per heavy atom. The molecule has 146 valence electrons. The molecule has 0 aromatic heterocycles. The van der Waals surface area contributed by atoms with Crippen molar-refractivity contribution in [3.05, 3.63) is 34.9 Å². The lowest BCUT2D eigenvalue weighted by molar-refractivity contribution is -0.143. The third-order valence-electron chi connectivity index (χ3n) is 6.93. The molecule has 1 N–H and O–H groups in total. The number of amides is 2. The molecule has 5 heteroatoms. The Morgan fingerprint density at radius 2 is 1.89 bits per heavy atom. The van der Waals surface area contributed by atoms with E-state index in [0.717, 1.165) is 12.8 Å². The van der Waals surface area contributed by atoms with Crippen LogP contribution in [0.1, 0.15) is 61.6 Å². The SMILES string of the molecule is COC(=O)NC1(C)CC(C(=O)N(C)C2CC(c3ccc4c(c3)CCC4)C2)C1. The summed E-state index contributed by atoms with van der Waals surface area (Å²) in [5.41, 5.74) is 4.19. The van der Waals surface area contributed by atoms with Crippen molar-refractivity contribution in [1.82, 2.24) is 10.2 Å². The fourth-order valence-electron chi connectivity index (χ4n) is 5.09. The number of alkyl carbamates (subject to hydrolysis) is 1. The molecule has 1 aromatic carbocycles. The van der Waals surface area contributed by atoms with Crippen molar-refractivity contribution in [3.63, 3.8) is 0 Å². The lowest BCUT2D eigenvalue weighted by atomic mass is 9.68. The van der Waals surface area contributed by atoms with Crippen LogP contribution in [-0.4, -0.2) is 42.6 Å². The highest BCUT2D eigenvalue weighted by atomic mass is 16.5. The van der Waals surface area contributed by atoms with Crippen LogP contribution < -0.4 is 5.32 Å². The summed E-state index contributed by atoms with van der Waals surface area (Å²) in [6.07, 6.45) is 6.81. The van der Waals surface area contributed by atoms with Gasteiger partial charge in [0.1, 0.15) is 0 Å². The highest BCUT2D eigenvalue weighted by Gasteiger charge is 2.47. The number of aryl methyl sites for hydroxylation is 2. The molecule has 2 amide bonds. The Balaban J connectivity index is 1.27. The first-order valence-corrected chi connectivity index (χ1v) is 10.1. The van der Waals surface area contributed by atoms with E-state index in [9.17, 15) is 9.59 Å². The number of hydrogen-bond donors (Lipinski definition) is 1. The Morgan fingerprint density at radius 1 is 1.19 bits per heavy atom. The number of hydrogen-bond acceptors (Lipinski definition) is 3. The monoisotopic (exact) mass is 370 g/mol. The minimum atomic E-state index is -0.423. The second-order valence-corrected chi connectivity index (χ2v) is 8.94. The summed E-state index contributed by atoms with van der Waals surface area (Å²) in [5, 5.41) is 2.84. The zero-order valence-electron chi connectivity index (χ0n) is 16.6. The molecule has 4 rings (SSSR count). The molecule has 1 aromatic rings. The van der Waals surface area contributed by atoms with Gasteiger partial charge in [-0.25, -0.2) is 4.79 Å². The second kappa shape index (κ2) is 6.84. The molecule has 0 unspecified atom stereocenters. The van der Waals surface area contributed by atoms with E-state index in [2.05, 4.69) is 28.3 Å². The number of carbonyl (C=O) groups excluding carboxylic acids is 2. The number of nitrogens with one attached hydrogen (secondary N) is 1. The van der Waals surface area contributed by atoms with Gasteiger partial charge in [-0.05, 0) is 74.5 Å². The van der Waals surface area contributed by atoms with E-state index in [-0.39, 0.29) is 17.4 Å². The molecule has 0 atom stereocenters. The van der Waals surface area contributed by atoms with Crippen LogP contribution in [-0.2, 0) is 22.4 Å². The van der Waals surface area contributed by atoms with Crippen LogP contribution in [0.5, 0.6) is 0 Å². The molecule has 3 aliphatic rings. The Labute approximate surface area is 161 Å². The fourth-order valence-corrected chi connectivity index (χ4v) is 5.09. The van der Waals surface area contributed by atoms with Crippen molar-refractivity contribution in [3.8, 4) is 0 Å². The van der Waals surface area contributed by atoms with Gasteiger partial charge in [-0.2, -0.15) is 0 Å². The smallest absolute Gasteiger partial charge is 0.407 e. The molecular weight excluding hydrogens is 340 g/mol. The Kier molecular flexibility index (Phi) is 4.65. The molecule has 2 saturated carbocycles. The van der Waals surface area contributed by atoms with E-state index in [1.807, 2.05) is 18.9 Å². The maximum atomic E-state index is 12.8. The number of rotatable bonds is 4. The largest absolute Gasteiger partial charge is 0.453 e. The van der Waals surface area contributed by atoms with Gasteiger partial charge in [0.2, 0.25) is 5.91 Å². The van der Waals surface area contributed by atoms with Crippen LogP contribution >= 0.6 is 0 Å². The van der Waals surface area contributed by atoms with Gasteiger partial charge >= 0.3 is 6.09 Å². The quantitative estimate of drug-likeness (QED) is 0.884. The molecule has 2 fully saturated rings. The van der Waals surface area contributed by atoms with Gasteiger partial charge in [-0.3, -0.25) is 4.79 Å². The standard InChI is InChI=1S/C22H30N2O3/c1-22(23-21(26)27-3)12-18(13-22)20(25)24(2)19-10-17(11-19)16-8-7-14-5-4-6-15(14)9-16/h7-9,17-19H,4-6,10-13H2,1-3H3,(H,23,26). The van der Waals surface area contributed by atoms with Crippen molar-refractivity contribution >= 4 is 12.0 Å². The van der Waals surface area contributed by atoms with Crippen LogP contribution in [0.3, 0.4) is 0 Å². The van der Waals surface area contributed by atoms with E-state index in [1.54, 1.807) is 0 Å². The predicted molar refractivity (Wildman–Crippen MR) is 104 cm³/mol. The maximum absolute atomic E-state index is 12.8. The summed E-state index contributed by atoms with van der Waals surface area (Å²) >= 11 is 0. The Hall–Kier alpha value is -2.04. The highest BCUT2D eigenvalue weighted by molar-refractivity contribution is 5.81. The summed E-state index contributed by atoms with van der Waals surface area (Å²) in [6, 6.07) is 7.35. The molecule has 0 bridgehead atoms. The minimum absolute atomic E-state index is 0.0104. The number of carbonyl (C=O) groups is 2. The van der Waals surface area contributed by atoms with Crippen molar-refractivity contribution in [2.75, 3.05) is 14.2 Å². The van der Waals surface area contributed by atoms with Crippen molar-refractivity contribution in [1.29, 1.82) is 0 Å². The summed E-state index contributed by atoms with van der Waals surface area (Å²) in [7, 11) is 3.30. The lowest BCUT2D eigenvalue weighted by Gasteiger charge is -2.48. The number of benzene rings is 1. The van der Waals surface area contributed by atoms with E-state index in [1.165, 1.54) is 43.1 Å². The van der Waals surface area contributed by atoms with Crippen LogP contribution in [0.25, 0.3) is 0 Å². The molecule has 3 aliphatic carbocycles. The van der Waals surface area contributed by atoms with E-state index < -0.39 is 6.09 Å². The first-order valence-electron chi connectivity index (χ1n) is 10.1. The average molecular weight is 370 g/mol. The van der Waals surface area contributed by atoms with Gasteiger partial charge < -0.3 is 15.0 Å². The van der Waals surface area contributed by atoms with Gasteiger partial charge in [0.25, 0.3) is 0 Å². The number of methoxy groups -OCH3 is 1. The summed E-state index contributed by atoms with van der Waals surface area (Å²) in [5.74, 6) is 0.816. The first-order chi connectivity index (χ1) is 12.9. The number of ether oxygens (including phenoxy) is 1. The van der Waals surface area contributed by atoms with Crippen LogP contribution in [0.15, 0.2) is 18.2 Å². The first kappa shape index (κ1) is 18.3. The summed E-state index contributed by atoms with van der Waals surface area (Å²) in [4.78, 5) is 26.1. The molecular formula is C22H30N2O3. The van der Waals surface area contributed by atoms with E-state index >= 15 is 0 Å². The normalized spacial score (nSPS) is 31.3. The van der Waals surface area contributed by atoms with Crippen molar-refractivity contribution in [2.45, 2.75) is 69.4 Å². The van der Waals surface area contributed by atoms with Gasteiger partial charge in [0.15, 0.2) is 0 Å². The van der Waals surface area contributed by atoms with E-state index in [0.29, 0.717) is 24.8 Å². The van der Waals surface area contributed by atoms with Gasteiger partial charge in [0, 0.05) is 24.5 Å². The topological polar surface area (TPSA) is 58.6 Å². The zero-order chi connectivity index (χ0) is 19.2. The highest BCUT2D eigenvalue weighted by Crippen LogP contribution is 2.43. The van der Waals surface area contributed by atoms with E-state index in [4.69, 9.17) is 0 Å². The predicted octanol–water partition coefficient (Wildman–Crippen LogP) is 3.40. The molecule has 27 heavy (non-hydrogen) atoms. The number of fused-ring (bicyclic) bond motifs is 1. The van der Waals surface area contributed by atoms with Gasteiger partial charge in [0.05, 0.1) is 7.11 Å². The fraction of sp³-hybridized carbons (Fsp3) is 0.636. The summed E-state index contributed by atoms with van der Waals surface area (Å²) < 4.78 is 4.67. The Bertz CT molecular complexity index is 748. The molecule has 0 radical (unpaired) electrons. The zero-order valence-corrected chi connectivity index (χ0v) is 16.6. The minimum Gasteiger partial charge on any atom is -0.453 e. The van der Waals surface area contributed by atoms with Crippen molar-refractivity contribution < 1.29 is 14.3 Å².